The molecule has 0 radical (unpaired) electrons. The number of alkyl halides is 1. The predicted molar refractivity (Wildman–Crippen MR) is 72.1 cm³/mol. The molecule has 0 aliphatic heterocycles. The first-order valence-electron chi connectivity index (χ1n) is 5.71. The zero-order valence-corrected chi connectivity index (χ0v) is 11.0. The van der Waals surface area contributed by atoms with Gasteiger partial charge < -0.3 is 0 Å². The Balaban J connectivity index is 2.37. The van der Waals surface area contributed by atoms with Gasteiger partial charge in [0, 0.05) is 19.3 Å². The van der Waals surface area contributed by atoms with Crippen LogP contribution in [0.1, 0.15) is 11.4 Å². The molecule has 0 atom stereocenters. The second-order valence-electron chi connectivity index (χ2n) is 4.13. The van der Waals surface area contributed by atoms with Gasteiger partial charge in [0.05, 0.1) is 17.0 Å². The maximum absolute atomic E-state index is 9.13. The van der Waals surface area contributed by atoms with E-state index < -0.39 is 0 Å². The maximum atomic E-state index is 9.13. The van der Waals surface area contributed by atoms with Crippen LogP contribution in [0, 0.1) is 11.3 Å². The second-order valence-corrected chi connectivity index (χ2v) is 4.40. The van der Waals surface area contributed by atoms with Gasteiger partial charge in [-0.25, -0.2) is 4.98 Å². The smallest absolute Gasteiger partial charge is 0.160 e. The standard InChI is InChI=1S/C13H10ClN5/c1-18-6-5-11(17-18)19-10-4-2-3-9(8-15)13(10)16-12(19)7-14/h2-6H,7H2,1H3. The zero-order valence-electron chi connectivity index (χ0n) is 10.2. The first kappa shape index (κ1) is 11.8. The minimum atomic E-state index is 0.260. The Morgan fingerprint density at radius 3 is 2.84 bits per heavy atom. The molecule has 0 unspecified atom stereocenters. The number of nitrogens with zero attached hydrogens (tertiary/aromatic N) is 5. The number of benzene rings is 1. The molecule has 19 heavy (non-hydrogen) atoms. The van der Waals surface area contributed by atoms with Crippen molar-refractivity contribution in [3.8, 4) is 11.9 Å². The number of hydrogen-bond acceptors (Lipinski definition) is 3. The van der Waals surface area contributed by atoms with Crippen LogP contribution in [0.5, 0.6) is 0 Å². The number of nitriles is 1. The molecule has 0 saturated carbocycles. The lowest BCUT2D eigenvalue weighted by Gasteiger charge is -2.03. The fraction of sp³-hybridized carbons (Fsp3) is 0.154. The van der Waals surface area contributed by atoms with Crippen molar-refractivity contribution in [2.24, 2.45) is 7.05 Å². The topological polar surface area (TPSA) is 59.4 Å². The lowest BCUT2D eigenvalue weighted by molar-refractivity contribution is 0.749. The fourth-order valence-corrected chi connectivity index (χ4v) is 2.28. The van der Waals surface area contributed by atoms with Gasteiger partial charge in [0.2, 0.25) is 0 Å². The van der Waals surface area contributed by atoms with Gasteiger partial charge in [-0.2, -0.15) is 10.4 Å². The summed E-state index contributed by atoms with van der Waals surface area (Å²) in [5.41, 5.74) is 2.04. The highest BCUT2D eigenvalue weighted by molar-refractivity contribution is 6.17. The highest BCUT2D eigenvalue weighted by atomic mass is 35.5. The summed E-state index contributed by atoms with van der Waals surface area (Å²) in [5, 5.41) is 13.5. The average Bonchev–Trinajstić information content (AvgIpc) is 3.00. The summed E-state index contributed by atoms with van der Waals surface area (Å²) in [5.74, 6) is 1.68. The maximum Gasteiger partial charge on any atom is 0.160 e. The third kappa shape index (κ3) is 1.77. The van der Waals surface area contributed by atoms with Crippen molar-refractivity contribution >= 4 is 22.6 Å². The van der Waals surface area contributed by atoms with E-state index in [9.17, 15) is 0 Å². The molecule has 94 valence electrons. The van der Waals surface area contributed by atoms with Crippen LogP contribution in [-0.4, -0.2) is 19.3 Å². The second kappa shape index (κ2) is 4.41. The Morgan fingerprint density at radius 2 is 2.21 bits per heavy atom. The van der Waals surface area contributed by atoms with Crippen molar-refractivity contribution in [1.82, 2.24) is 19.3 Å². The van der Waals surface area contributed by atoms with Crippen molar-refractivity contribution in [3.05, 3.63) is 41.9 Å². The number of aromatic nitrogens is 4. The molecule has 0 amide bonds. The largest absolute Gasteiger partial charge is 0.278 e. The van der Waals surface area contributed by atoms with Crippen molar-refractivity contribution < 1.29 is 0 Å². The van der Waals surface area contributed by atoms with Gasteiger partial charge in [-0.1, -0.05) is 6.07 Å². The van der Waals surface area contributed by atoms with Crippen LogP contribution in [0.3, 0.4) is 0 Å². The van der Waals surface area contributed by atoms with Crippen molar-refractivity contribution in [1.29, 1.82) is 5.26 Å². The molecule has 2 aromatic heterocycles. The number of para-hydroxylation sites is 1. The van der Waals surface area contributed by atoms with Gasteiger partial charge in [-0.05, 0) is 12.1 Å². The molecule has 2 heterocycles. The zero-order chi connectivity index (χ0) is 13.4. The van der Waals surface area contributed by atoms with Gasteiger partial charge in [-0.3, -0.25) is 9.25 Å². The monoisotopic (exact) mass is 271 g/mol. The molecule has 0 N–H and O–H groups in total. The fourth-order valence-electron chi connectivity index (χ4n) is 2.10. The molecule has 1 aromatic carbocycles. The van der Waals surface area contributed by atoms with Gasteiger partial charge in [0.1, 0.15) is 17.4 Å². The first-order valence-corrected chi connectivity index (χ1v) is 6.24. The normalized spacial score (nSPS) is 10.8. The summed E-state index contributed by atoms with van der Waals surface area (Å²) in [7, 11) is 1.85. The summed E-state index contributed by atoms with van der Waals surface area (Å²) < 4.78 is 3.59. The third-order valence-electron chi connectivity index (χ3n) is 2.92. The Morgan fingerprint density at radius 1 is 1.37 bits per heavy atom. The van der Waals surface area contributed by atoms with E-state index in [1.807, 2.05) is 36.0 Å². The number of halogens is 1. The Hall–Kier alpha value is -2.32. The number of hydrogen-bond donors (Lipinski definition) is 0. The first-order chi connectivity index (χ1) is 9.24. The molecule has 0 fully saturated rings. The Kier molecular flexibility index (Phi) is 2.73. The van der Waals surface area contributed by atoms with Crippen LogP contribution < -0.4 is 0 Å². The van der Waals surface area contributed by atoms with E-state index in [0.717, 1.165) is 11.3 Å². The lowest BCUT2D eigenvalue weighted by atomic mass is 10.2. The van der Waals surface area contributed by atoms with Crippen molar-refractivity contribution in [2.45, 2.75) is 5.88 Å². The highest BCUT2D eigenvalue weighted by Gasteiger charge is 2.15. The minimum Gasteiger partial charge on any atom is -0.278 e. The SMILES string of the molecule is Cn1ccc(-n2c(CCl)nc3c(C#N)cccc32)n1. The molecular weight excluding hydrogens is 262 g/mol. The van der Waals surface area contributed by atoms with Crippen LogP contribution in [0.4, 0.5) is 0 Å². The summed E-state index contributed by atoms with van der Waals surface area (Å²) in [6, 6.07) is 9.52. The molecular formula is C13H10ClN5. The van der Waals surface area contributed by atoms with E-state index in [2.05, 4.69) is 16.2 Å². The molecule has 5 nitrogen and oxygen atoms in total. The summed E-state index contributed by atoms with van der Waals surface area (Å²) in [6.07, 6.45) is 1.85. The average molecular weight is 272 g/mol. The van der Waals surface area contributed by atoms with Gasteiger partial charge >= 0.3 is 0 Å². The third-order valence-corrected chi connectivity index (χ3v) is 3.16. The number of fused-ring (bicyclic) bond motifs is 1. The molecule has 0 spiro atoms. The molecule has 0 aliphatic carbocycles. The van der Waals surface area contributed by atoms with Gasteiger partial charge in [-0.15, -0.1) is 11.6 Å². The Bertz CT molecular complexity index is 793. The van der Waals surface area contributed by atoms with Crippen LogP contribution >= 0.6 is 11.6 Å². The van der Waals surface area contributed by atoms with Crippen molar-refractivity contribution in [2.75, 3.05) is 0 Å². The molecule has 0 aliphatic rings. The summed E-state index contributed by atoms with van der Waals surface area (Å²) in [6.45, 7) is 0. The quantitative estimate of drug-likeness (QED) is 0.672. The van der Waals surface area contributed by atoms with Gasteiger partial charge in [0.15, 0.2) is 5.82 Å². The Labute approximate surface area is 114 Å². The van der Waals surface area contributed by atoms with E-state index in [0.29, 0.717) is 16.9 Å². The van der Waals surface area contributed by atoms with Crippen LogP contribution in [0.2, 0.25) is 0 Å². The van der Waals surface area contributed by atoms with E-state index >= 15 is 0 Å². The van der Waals surface area contributed by atoms with Gasteiger partial charge in [0.25, 0.3) is 0 Å². The van der Waals surface area contributed by atoms with Crippen molar-refractivity contribution in [3.63, 3.8) is 0 Å². The predicted octanol–water partition coefficient (Wildman–Crippen LogP) is 2.37. The minimum absolute atomic E-state index is 0.260. The van der Waals surface area contributed by atoms with Crippen LogP contribution in [0.15, 0.2) is 30.5 Å². The summed E-state index contributed by atoms with van der Waals surface area (Å²) in [4.78, 5) is 4.45. The number of imidazole rings is 1. The van der Waals surface area contributed by atoms with E-state index in [1.165, 1.54) is 0 Å². The van der Waals surface area contributed by atoms with E-state index in [1.54, 1.807) is 10.7 Å². The summed E-state index contributed by atoms with van der Waals surface area (Å²) >= 11 is 5.95. The molecule has 3 aromatic rings. The highest BCUT2D eigenvalue weighted by Crippen LogP contribution is 2.23. The number of aryl methyl sites for hydroxylation is 1. The molecule has 6 heteroatoms. The van der Waals surface area contributed by atoms with E-state index in [4.69, 9.17) is 16.9 Å². The van der Waals surface area contributed by atoms with Crippen LogP contribution in [0.25, 0.3) is 16.9 Å². The number of rotatable bonds is 2. The molecule has 3 rings (SSSR count). The van der Waals surface area contributed by atoms with Crippen LogP contribution in [-0.2, 0) is 12.9 Å². The molecule has 0 saturated heterocycles. The van der Waals surface area contributed by atoms with E-state index in [-0.39, 0.29) is 5.88 Å². The molecule has 0 bridgehead atoms. The lowest BCUT2D eigenvalue weighted by Crippen LogP contribution is -2.01.